The SMILES string of the molecule is COC(=O)CN(CC(=O)OC)Cc1nccs1. The molecule has 0 N–H and O–H groups in total. The normalized spacial score (nSPS) is 10.3. The summed E-state index contributed by atoms with van der Waals surface area (Å²) in [4.78, 5) is 28.1. The Hall–Kier alpha value is -1.47. The number of hydrogen-bond donors (Lipinski definition) is 0. The summed E-state index contributed by atoms with van der Waals surface area (Å²) >= 11 is 1.46. The smallest absolute Gasteiger partial charge is 0.319 e. The van der Waals surface area contributed by atoms with Gasteiger partial charge in [-0.05, 0) is 0 Å². The molecular formula is C10H14N2O4S. The van der Waals surface area contributed by atoms with Crippen molar-refractivity contribution in [1.82, 2.24) is 9.88 Å². The fourth-order valence-electron chi connectivity index (χ4n) is 1.18. The van der Waals surface area contributed by atoms with E-state index in [1.165, 1.54) is 25.6 Å². The Morgan fingerprint density at radius 3 is 2.29 bits per heavy atom. The minimum Gasteiger partial charge on any atom is -0.468 e. The van der Waals surface area contributed by atoms with Gasteiger partial charge < -0.3 is 9.47 Å². The second-order valence-corrected chi connectivity index (χ2v) is 4.20. The van der Waals surface area contributed by atoms with Gasteiger partial charge in [-0.3, -0.25) is 14.5 Å². The van der Waals surface area contributed by atoms with Crippen LogP contribution < -0.4 is 0 Å². The van der Waals surface area contributed by atoms with Crippen molar-refractivity contribution in [2.75, 3.05) is 27.3 Å². The molecule has 1 rings (SSSR count). The van der Waals surface area contributed by atoms with Gasteiger partial charge in [0.15, 0.2) is 0 Å². The molecule has 7 heteroatoms. The Balaban J connectivity index is 2.58. The summed E-state index contributed by atoms with van der Waals surface area (Å²) in [5.41, 5.74) is 0. The number of ether oxygens (including phenoxy) is 2. The quantitative estimate of drug-likeness (QED) is 0.683. The van der Waals surface area contributed by atoms with Crippen molar-refractivity contribution >= 4 is 23.3 Å². The third-order valence-electron chi connectivity index (χ3n) is 2.00. The Bertz CT molecular complexity index is 348. The summed E-state index contributed by atoms with van der Waals surface area (Å²) in [7, 11) is 2.62. The number of methoxy groups -OCH3 is 2. The topological polar surface area (TPSA) is 68.7 Å². The second kappa shape index (κ2) is 6.97. The van der Waals surface area contributed by atoms with E-state index in [-0.39, 0.29) is 13.1 Å². The molecule has 0 radical (unpaired) electrons. The molecular weight excluding hydrogens is 244 g/mol. The lowest BCUT2D eigenvalue weighted by molar-refractivity contribution is -0.145. The van der Waals surface area contributed by atoms with E-state index in [9.17, 15) is 9.59 Å². The Morgan fingerprint density at radius 2 is 1.88 bits per heavy atom. The summed E-state index contributed by atoms with van der Waals surface area (Å²) in [5.74, 6) is -0.795. The van der Waals surface area contributed by atoms with Crippen molar-refractivity contribution in [1.29, 1.82) is 0 Å². The maximum Gasteiger partial charge on any atom is 0.319 e. The van der Waals surface area contributed by atoms with Gasteiger partial charge in [-0.15, -0.1) is 11.3 Å². The Kier molecular flexibility index (Phi) is 5.58. The Morgan fingerprint density at radius 1 is 1.29 bits per heavy atom. The van der Waals surface area contributed by atoms with E-state index in [1.54, 1.807) is 11.1 Å². The van der Waals surface area contributed by atoms with Crippen LogP contribution in [0.5, 0.6) is 0 Å². The zero-order valence-electron chi connectivity index (χ0n) is 9.71. The standard InChI is InChI=1S/C10H14N2O4S/c1-15-9(13)6-12(7-10(14)16-2)5-8-11-3-4-17-8/h3-4H,5-7H2,1-2H3. The molecule has 0 aliphatic heterocycles. The summed E-state index contributed by atoms with van der Waals surface area (Å²) in [6.45, 7) is 0.484. The third-order valence-corrected chi connectivity index (χ3v) is 2.77. The number of hydrogen-bond acceptors (Lipinski definition) is 7. The Labute approximate surface area is 103 Å². The minimum absolute atomic E-state index is 0.0329. The van der Waals surface area contributed by atoms with Gasteiger partial charge in [-0.1, -0.05) is 0 Å². The van der Waals surface area contributed by atoms with Crippen LogP contribution in [0.25, 0.3) is 0 Å². The lowest BCUT2D eigenvalue weighted by Crippen LogP contribution is -2.35. The molecule has 0 aliphatic rings. The molecule has 0 amide bonds. The van der Waals surface area contributed by atoms with E-state index in [2.05, 4.69) is 14.5 Å². The second-order valence-electron chi connectivity index (χ2n) is 3.22. The molecule has 0 unspecified atom stereocenters. The molecule has 0 fully saturated rings. The molecule has 0 bridgehead atoms. The summed E-state index contributed by atoms with van der Waals surface area (Å²) in [5, 5.41) is 2.67. The number of nitrogens with zero attached hydrogens (tertiary/aromatic N) is 2. The molecule has 1 aromatic heterocycles. The van der Waals surface area contributed by atoms with Crippen LogP contribution in [0.1, 0.15) is 5.01 Å². The summed E-state index contributed by atoms with van der Waals surface area (Å²) in [6, 6.07) is 0. The van der Waals surface area contributed by atoms with Gasteiger partial charge >= 0.3 is 11.9 Å². The molecule has 0 saturated carbocycles. The molecule has 94 valence electrons. The van der Waals surface area contributed by atoms with Crippen LogP contribution in [-0.2, 0) is 25.6 Å². The van der Waals surface area contributed by atoms with Gasteiger partial charge in [0, 0.05) is 11.6 Å². The number of esters is 2. The van der Waals surface area contributed by atoms with Gasteiger partial charge in [0.05, 0.1) is 33.9 Å². The van der Waals surface area contributed by atoms with Gasteiger partial charge in [0.2, 0.25) is 0 Å². The highest BCUT2D eigenvalue weighted by Gasteiger charge is 2.16. The summed E-state index contributed by atoms with van der Waals surface area (Å²) < 4.78 is 9.13. The first-order valence-corrected chi connectivity index (χ1v) is 5.78. The van der Waals surface area contributed by atoms with Crippen molar-refractivity contribution in [3.63, 3.8) is 0 Å². The molecule has 6 nitrogen and oxygen atoms in total. The van der Waals surface area contributed by atoms with E-state index >= 15 is 0 Å². The van der Waals surface area contributed by atoms with Crippen LogP contribution in [0.2, 0.25) is 0 Å². The third kappa shape index (κ3) is 4.92. The average molecular weight is 258 g/mol. The first-order chi connectivity index (χ1) is 8.15. The van der Waals surface area contributed by atoms with E-state index < -0.39 is 11.9 Å². The highest BCUT2D eigenvalue weighted by Crippen LogP contribution is 2.08. The minimum atomic E-state index is -0.398. The predicted octanol–water partition coefficient (Wildman–Crippen LogP) is 0.291. The van der Waals surface area contributed by atoms with Crippen molar-refractivity contribution < 1.29 is 19.1 Å². The predicted molar refractivity (Wildman–Crippen MR) is 61.4 cm³/mol. The fraction of sp³-hybridized carbons (Fsp3) is 0.500. The molecule has 0 spiro atoms. The highest BCUT2D eigenvalue weighted by molar-refractivity contribution is 7.09. The highest BCUT2D eigenvalue weighted by atomic mass is 32.1. The number of carbonyl (C=O) groups is 2. The van der Waals surface area contributed by atoms with Gasteiger partial charge in [-0.2, -0.15) is 0 Å². The van der Waals surface area contributed by atoms with Crippen LogP contribution in [0.4, 0.5) is 0 Å². The van der Waals surface area contributed by atoms with Crippen LogP contribution >= 0.6 is 11.3 Å². The van der Waals surface area contributed by atoms with Crippen molar-refractivity contribution in [2.24, 2.45) is 0 Å². The van der Waals surface area contributed by atoms with Crippen molar-refractivity contribution in [3.05, 3.63) is 16.6 Å². The van der Waals surface area contributed by atoms with E-state index in [0.717, 1.165) is 5.01 Å². The van der Waals surface area contributed by atoms with Gasteiger partial charge in [0.25, 0.3) is 0 Å². The number of thiazole rings is 1. The molecule has 0 atom stereocenters. The molecule has 0 aliphatic carbocycles. The first-order valence-electron chi connectivity index (χ1n) is 4.90. The van der Waals surface area contributed by atoms with E-state index in [1.807, 2.05) is 5.38 Å². The van der Waals surface area contributed by atoms with Crippen molar-refractivity contribution in [2.45, 2.75) is 6.54 Å². The number of rotatable bonds is 6. The molecule has 17 heavy (non-hydrogen) atoms. The summed E-state index contributed by atoms with van der Waals surface area (Å²) in [6.07, 6.45) is 1.68. The average Bonchev–Trinajstić information content (AvgIpc) is 2.81. The van der Waals surface area contributed by atoms with E-state index in [4.69, 9.17) is 0 Å². The van der Waals surface area contributed by atoms with Crippen LogP contribution in [-0.4, -0.2) is 49.1 Å². The molecule has 0 aromatic carbocycles. The molecule has 1 aromatic rings. The fourth-order valence-corrected chi connectivity index (χ4v) is 1.84. The maximum absolute atomic E-state index is 11.2. The van der Waals surface area contributed by atoms with Crippen LogP contribution in [0, 0.1) is 0 Å². The number of carbonyl (C=O) groups excluding carboxylic acids is 2. The van der Waals surface area contributed by atoms with Crippen LogP contribution in [0.3, 0.4) is 0 Å². The lowest BCUT2D eigenvalue weighted by atomic mass is 10.4. The molecule has 0 saturated heterocycles. The van der Waals surface area contributed by atoms with Crippen molar-refractivity contribution in [3.8, 4) is 0 Å². The van der Waals surface area contributed by atoms with E-state index in [0.29, 0.717) is 6.54 Å². The monoisotopic (exact) mass is 258 g/mol. The largest absolute Gasteiger partial charge is 0.468 e. The van der Waals surface area contributed by atoms with Gasteiger partial charge in [0.1, 0.15) is 5.01 Å². The zero-order chi connectivity index (χ0) is 12.7. The first kappa shape index (κ1) is 13.6. The maximum atomic E-state index is 11.2. The molecule has 1 heterocycles. The lowest BCUT2D eigenvalue weighted by Gasteiger charge is -2.17. The van der Waals surface area contributed by atoms with Gasteiger partial charge in [-0.25, -0.2) is 4.98 Å². The zero-order valence-corrected chi connectivity index (χ0v) is 10.5. The van der Waals surface area contributed by atoms with Crippen LogP contribution in [0.15, 0.2) is 11.6 Å². The number of aromatic nitrogens is 1.